The van der Waals surface area contributed by atoms with Crippen molar-refractivity contribution < 1.29 is 9.47 Å². The Hall–Kier alpha value is -1.48. The van der Waals surface area contributed by atoms with Crippen molar-refractivity contribution in [1.29, 1.82) is 0 Å². The molecule has 0 heterocycles. The quantitative estimate of drug-likeness (QED) is 0.853. The molecule has 94 valence electrons. The Labute approximate surface area is 103 Å². The van der Waals surface area contributed by atoms with Gasteiger partial charge in [-0.1, -0.05) is 25.5 Å². The number of ether oxygens (including phenoxy) is 2. The fourth-order valence-corrected chi connectivity index (χ4v) is 1.60. The van der Waals surface area contributed by atoms with E-state index in [0.29, 0.717) is 12.5 Å². The van der Waals surface area contributed by atoms with E-state index in [2.05, 4.69) is 19.9 Å². The van der Waals surface area contributed by atoms with Crippen molar-refractivity contribution in [3.8, 4) is 11.5 Å². The van der Waals surface area contributed by atoms with E-state index < -0.39 is 0 Å². The van der Waals surface area contributed by atoms with E-state index in [1.54, 1.807) is 14.2 Å². The highest BCUT2D eigenvalue weighted by Gasteiger charge is 2.06. The van der Waals surface area contributed by atoms with Crippen molar-refractivity contribution in [2.24, 2.45) is 11.7 Å². The van der Waals surface area contributed by atoms with Crippen molar-refractivity contribution in [3.63, 3.8) is 0 Å². The van der Waals surface area contributed by atoms with Crippen molar-refractivity contribution >= 4 is 6.08 Å². The molecule has 0 radical (unpaired) electrons. The Kier molecular flexibility index (Phi) is 5.04. The molecule has 1 aromatic rings. The van der Waals surface area contributed by atoms with Gasteiger partial charge in [-0.2, -0.15) is 0 Å². The van der Waals surface area contributed by atoms with E-state index in [4.69, 9.17) is 15.2 Å². The Balaban J connectivity index is 3.13. The van der Waals surface area contributed by atoms with Gasteiger partial charge in [-0.15, -0.1) is 0 Å². The normalized spacial score (nSPS) is 11.8. The van der Waals surface area contributed by atoms with Crippen LogP contribution in [0.2, 0.25) is 0 Å². The third kappa shape index (κ3) is 3.49. The van der Waals surface area contributed by atoms with Crippen LogP contribution in [0.3, 0.4) is 0 Å². The molecule has 0 atom stereocenters. The first-order chi connectivity index (χ1) is 8.12. The van der Waals surface area contributed by atoms with Gasteiger partial charge in [-0.05, 0) is 18.1 Å². The maximum absolute atomic E-state index is 5.74. The molecule has 0 aliphatic carbocycles. The molecule has 0 saturated carbocycles. The van der Waals surface area contributed by atoms with Gasteiger partial charge < -0.3 is 15.2 Å². The van der Waals surface area contributed by atoms with E-state index in [1.165, 1.54) is 5.57 Å². The molecular weight excluding hydrogens is 214 g/mol. The zero-order chi connectivity index (χ0) is 12.8. The number of hydrogen-bond donors (Lipinski definition) is 1. The molecule has 1 aromatic carbocycles. The zero-order valence-corrected chi connectivity index (χ0v) is 11.0. The number of methoxy groups -OCH3 is 2. The molecule has 0 spiro atoms. The lowest BCUT2D eigenvalue weighted by molar-refractivity contribution is 0.393. The molecule has 0 aliphatic heterocycles. The molecule has 0 bridgehead atoms. The standard InChI is InChI=1S/C14H21NO2/c1-10(2)12(9-15)7-11-5-6-13(16-3)8-14(11)17-4/h5-8,10H,9,15H2,1-4H3. The Morgan fingerprint density at radius 1 is 1.29 bits per heavy atom. The maximum atomic E-state index is 5.74. The van der Waals surface area contributed by atoms with Gasteiger partial charge in [0.2, 0.25) is 0 Å². The number of nitrogens with two attached hydrogens (primary N) is 1. The lowest BCUT2D eigenvalue weighted by Gasteiger charge is -2.11. The topological polar surface area (TPSA) is 44.5 Å². The molecule has 2 N–H and O–H groups in total. The van der Waals surface area contributed by atoms with Crippen molar-refractivity contribution in [2.45, 2.75) is 13.8 Å². The van der Waals surface area contributed by atoms with E-state index >= 15 is 0 Å². The lowest BCUT2D eigenvalue weighted by Crippen LogP contribution is -2.08. The summed E-state index contributed by atoms with van der Waals surface area (Å²) in [4.78, 5) is 0. The van der Waals surface area contributed by atoms with Crippen LogP contribution in [0.5, 0.6) is 11.5 Å². The molecule has 1 rings (SSSR count). The number of benzene rings is 1. The van der Waals surface area contributed by atoms with Crippen LogP contribution in [-0.2, 0) is 0 Å². The first kappa shape index (κ1) is 13.6. The van der Waals surface area contributed by atoms with Crippen molar-refractivity contribution in [1.82, 2.24) is 0 Å². The predicted molar refractivity (Wildman–Crippen MR) is 71.4 cm³/mol. The van der Waals surface area contributed by atoms with Gasteiger partial charge in [0.05, 0.1) is 14.2 Å². The minimum absolute atomic E-state index is 0.437. The van der Waals surface area contributed by atoms with Crippen LogP contribution in [-0.4, -0.2) is 20.8 Å². The number of rotatable bonds is 5. The van der Waals surface area contributed by atoms with Crippen LogP contribution in [0, 0.1) is 5.92 Å². The van der Waals surface area contributed by atoms with E-state index in [9.17, 15) is 0 Å². The van der Waals surface area contributed by atoms with E-state index in [1.807, 2.05) is 18.2 Å². The van der Waals surface area contributed by atoms with Crippen LogP contribution in [0.4, 0.5) is 0 Å². The first-order valence-corrected chi connectivity index (χ1v) is 5.75. The lowest BCUT2D eigenvalue weighted by atomic mass is 10.00. The predicted octanol–water partition coefficient (Wildman–Crippen LogP) is 2.70. The highest BCUT2D eigenvalue weighted by atomic mass is 16.5. The van der Waals surface area contributed by atoms with E-state index in [-0.39, 0.29) is 0 Å². The summed E-state index contributed by atoms with van der Waals surface area (Å²) in [5.74, 6) is 2.03. The molecule has 0 fully saturated rings. The van der Waals surface area contributed by atoms with Gasteiger partial charge in [0.15, 0.2) is 0 Å². The second-order valence-electron chi connectivity index (χ2n) is 4.19. The zero-order valence-electron chi connectivity index (χ0n) is 11.0. The van der Waals surface area contributed by atoms with Gasteiger partial charge in [0.1, 0.15) is 11.5 Å². The Bertz CT molecular complexity index is 397. The van der Waals surface area contributed by atoms with Gasteiger partial charge in [0, 0.05) is 18.2 Å². The van der Waals surface area contributed by atoms with E-state index in [0.717, 1.165) is 17.1 Å². The maximum Gasteiger partial charge on any atom is 0.129 e. The Morgan fingerprint density at radius 3 is 2.47 bits per heavy atom. The fourth-order valence-electron chi connectivity index (χ4n) is 1.60. The number of hydrogen-bond acceptors (Lipinski definition) is 3. The average molecular weight is 235 g/mol. The first-order valence-electron chi connectivity index (χ1n) is 5.75. The summed E-state index contributed by atoms with van der Waals surface area (Å²) in [6, 6.07) is 5.78. The largest absolute Gasteiger partial charge is 0.497 e. The molecule has 3 heteroatoms. The molecule has 0 amide bonds. The summed E-state index contributed by atoms with van der Waals surface area (Å²) in [7, 11) is 3.30. The fraction of sp³-hybridized carbons (Fsp3) is 0.429. The van der Waals surface area contributed by atoms with Gasteiger partial charge in [-0.3, -0.25) is 0 Å². The molecule has 0 unspecified atom stereocenters. The summed E-state index contributed by atoms with van der Waals surface area (Å²) in [6.45, 7) is 4.83. The van der Waals surface area contributed by atoms with Gasteiger partial charge >= 0.3 is 0 Å². The average Bonchev–Trinajstić information content (AvgIpc) is 2.35. The van der Waals surface area contributed by atoms with Crippen molar-refractivity contribution in [3.05, 3.63) is 29.3 Å². The molecule has 0 aromatic heterocycles. The monoisotopic (exact) mass is 235 g/mol. The summed E-state index contributed by atoms with van der Waals surface area (Å²) < 4.78 is 10.5. The highest BCUT2D eigenvalue weighted by molar-refractivity contribution is 5.62. The van der Waals surface area contributed by atoms with Crippen LogP contribution in [0.15, 0.2) is 23.8 Å². The smallest absolute Gasteiger partial charge is 0.129 e. The molecule has 0 aliphatic rings. The summed E-state index contributed by atoms with van der Waals surface area (Å²) in [5, 5.41) is 0. The third-order valence-corrected chi connectivity index (χ3v) is 2.76. The minimum Gasteiger partial charge on any atom is -0.497 e. The van der Waals surface area contributed by atoms with Crippen LogP contribution < -0.4 is 15.2 Å². The summed E-state index contributed by atoms with van der Waals surface area (Å²) in [6.07, 6.45) is 2.09. The van der Waals surface area contributed by atoms with Crippen LogP contribution in [0.25, 0.3) is 6.08 Å². The van der Waals surface area contributed by atoms with Crippen LogP contribution in [0.1, 0.15) is 19.4 Å². The second-order valence-corrected chi connectivity index (χ2v) is 4.19. The highest BCUT2D eigenvalue weighted by Crippen LogP contribution is 2.27. The molecular formula is C14H21NO2. The second kappa shape index (κ2) is 6.30. The third-order valence-electron chi connectivity index (χ3n) is 2.76. The van der Waals surface area contributed by atoms with Gasteiger partial charge in [0.25, 0.3) is 0 Å². The minimum atomic E-state index is 0.437. The van der Waals surface area contributed by atoms with Crippen molar-refractivity contribution in [2.75, 3.05) is 20.8 Å². The summed E-state index contributed by atoms with van der Waals surface area (Å²) >= 11 is 0. The van der Waals surface area contributed by atoms with Crippen LogP contribution >= 0.6 is 0 Å². The molecule has 3 nitrogen and oxygen atoms in total. The van der Waals surface area contributed by atoms with Gasteiger partial charge in [-0.25, -0.2) is 0 Å². The summed E-state index contributed by atoms with van der Waals surface area (Å²) in [5.41, 5.74) is 7.97. The SMILES string of the molecule is COc1ccc(C=C(CN)C(C)C)c(OC)c1. The molecule has 17 heavy (non-hydrogen) atoms. The molecule has 0 saturated heterocycles. The Morgan fingerprint density at radius 2 is 2.00 bits per heavy atom.